The van der Waals surface area contributed by atoms with Crippen molar-refractivity contribution in [3.63, 3.8) is 0 Å². The number of rotatable bonds is 6. The van der Waals surface area contributed by atoms with Crippen LogP contribution in [0.3, 0.4) is 0 Å². The van der Waals surface area contributed by atoms with Crippen LogP contribution in [0.4, 0.5) is 5.69 Å². The number of hydrogen-bond acceptors (Lipinski definition) is 3. The highest BCUT2D eigenvalue weighted by atomic mass is 35.5. The first-order chi connectivity index (χ1) is 15.5. The Morgan fingerprint density at radius 1 is 1.03 bits per heavy atom. The molecule has 4 rings (SSSR count). The van der Waals surface area contributed by atoms with Crippen molar-refractivity contribution in [1.29, 1.82) is 5.26 Å². The van der Waals surface area contributed by atoms with Crippen LogP contribution in [0.1, 0.15) is 47.5 Å². The van der Waals surface area contributed by atoms with E-state index in [1.807, 2.05) is 0 Å². The Hall–Kier alpha value is -1.19. The summed E-state index contributed by atoms with van der Waals surface area (Å²) in [5.74, 6) is -1.99. The molecule has 0 saturated heterocycles. The quantitative estimate of drug-likeness (QED) is 0.219. The molecule has 2 aliphatic carbocycles. The summed E-state index contributed by atoms with van der Waals surface area (Å²) in [7, 11) is 0. The molecular formula is C23H16Cl6N2O2. The van der Waals surface area contributed by atoms with Gasteiger partial charge in [0, 0.05) is 23.6 Å². The van der Waals surface area contributed by atoms with Crippen LogP contribution in [0.25, 0.3) is 0 Å². The molecule has 10 heteroatoms. The second kappa shape index (κ2) is 9.11. The van der Waals surface area contributed by atoms with Gasteiger partial charge >= 0.3 is 0 Å². The monoisotopic (exact) mass is 562 g/mol. The molecule has 2 saturated carbocycles. The lowest BCUT2D eigenvalue weighted by Gasteiger charge is -2.34. The van der Waals surface area contributed by atoms with Crippen molar-refractivity contribution in [2.24, 2.45) is 11.3 Å². The molecule has 2 unspecified atom stereocenters. The van der Waals surface area contributed by atoms with Gasteiger partial charge in [-0.2, -0.15) is 5.26 Å². The van der Waals surface area contributed by atoms with E-state index < -0.39 is 27.5 Å². The summed E-state index contributed by atoms with van der Waals surface area (Å²) in [5, 5.41) is 13.1. The third-order valence-corrected chi connectivity index (χ3v) is 8.75. The molecule has 0 spiro atoms. The van der Waals surface area contributed by atoms with Crippen LogP contribution >= 0.6 is 69.6 Å². The first kappa shape index (κ1) is 24.9. The van der Waals surface area contributed by atoms with Gasteiger partial charge in [0.1, 0.15) is 4.33 Å². The molecule has 0 heterocycles. The van der Waals surface area contributed by atoms with E-state index in [0.29, 0.717) is 24.1 Å². The number of benzene rings is 2. The standard InChI is InChI=1S/C23H16Cl6N2O2/c24-14-3-2-12(8-13(14)17(32)9-22(10-30)4-1-5-22)31-21(33)19-18(23(19,28)29)11-6-15(25)20(27)16(26)7-11/h2-3,6-8,18-19H,1,4-5,9H2,(H,31,33). The van der Waals surface area contributed by atoms with Crippen LogP contribution in [0.15, 0.2) is 30.3 Å². The Kier molecular flexibility index (Phi) is 6.88. The van der Waals surface area contributed by atoms with Crippen LogP contribution < -0.4 is 5.32 Å². The van der Waals surface area contributed by atoms with E-state index in [4.69, 9.17) is 69.6 Å². The van der Waals surface area contributed by atoms with Gasteiger partial charge in [0.15, 0.2) is 5.78 Å². The van der Waals surface area contributed by atoms with E-state index in [9.17, 15) is 14.9 Å². The molecule has 0 bridgehead atoms. The molecule has 2 aromatic rings. The van der Waals surface area contributed by atoms with Gasteiger partial charge in [-0.25, -0.2) is 0 Å². The zero-order valence-electron chi connectivity index (χ0n) is 16.9. The topological polar surface area (TPSA) is 70.0 Å². The fraction of sp³-hybridized carbons (Fsp3) is 0.348. The Labute approximate surface area is 221 Å². The molecule has 172 valence electrons. The molecule has 0 radical (unpaired) electrons. The molecule has 0 aliphatic heterocycles. The number of amides is 1. The number of hydrogen-bond donors (Lipinski definition) is 1. The highest BCUT2D eigenvalue weighted by Gasteiger charge is 2.67. The van der Waals surface area contributed by atoms with Crippen molar-refractivity contribution < 1.29 is 9.59 Å². The number of nitrogens with one attached hydrogen (secondary N) is 1. The van der Waals surface area contributed by atoms with Crippen LogP contribution in [0, 0.1) is 22.7 Å². The van der Waals surface area contributed by atoms with Crippen LogP contribution in [0.2, 0.25) is 20.1 Å². The summed E-state index contributed by atoms with van der Waals surface area (Å²) < 4.78 is -1.36. The van der Waals surface area contributed by atoms with E-state index in [2.05, 4.69) is 11.4 Å². The number of nitrogens with zero attached hydrogens (tertiary/aromatic N) is 1. The summed E-state index contributed by atoms with van der Waals surface area (Å²) in [6.07, 6.45) is 2.41. The van der Waals surface area contributed by atoms with Gasteiger partial charge in [0.25, 0.3) is 0 Å². The van der Waals surface area contributed by atoms with E-state index in [1.165, 1.54) is 12.1 Å². The van der Waals surface area contributed by atoms with Gasteiger partial charge in [0.05, 0.1) is 37.5 Å². The number of carbonyl (C=O) groups is 2. The number of nitriles is 1. The van der Waals surface area contributed by atoms with Gasteiger partial charge in [-0.3, -0.25) is 9.59 Å². The van der Waals surface area contributed by atoms with Crippen molar-refractivity contribution in [2.75, 3.05) is 5.32 Å². The SMILES string of the molecule is N#CC1(CC(=O)c2cc(NC(=O)C3C(c4cc(Cl)c(Cl)c(Cl)c4)C3(Cl)Cl)ccc2Cl)CCC1. The average molecular weight is 565 g/mol. The number of halogens is 6. The molecule has 1 N–H and O–H groups in total. The Bertz CT molecular complexity index is 1180. The van der Waals surface area contributed by atoms with Gasteiger partial charge in [-0.15, -0.1) is 23.2 Å². The summed E-state index contributed by atoms with van der Waals surface area (Å²) >= 11 is 37.3. The molecule has 2 aromatic carbocycles. The summed E-state index contributed by atoms with van der Waals surface area (Å²) in [5.41, 5.74) is 0.588. The zero-order chi connectivity index (χ0) is 24.1. The summed E-state index contributed by atoms with van der Waals surface area (Å²) in [6.45, 7) is 0. The predicted octanol–water partition coefficient (Wildman–Crippen LogP) is 8.09. The smallest absolute Gasteiger partial charge is 0.231 e. The maximum absolute atomic E-state index is 13.0. The third kappa shape index (κ3) is 4.69. The minimum absolute atomic E-state index is 0.0931. The molecule has 2 fully saturated rings. The summed E-state index contributed by atoms with van der Waals surface area (Å²) in [6, 6.07) is 10.0. The average Bonchev–Trinajstić information content (AvgIpc) is 3.31. The number of alkyl halides is 2. The number of ketones is 1. The van der Waals surface area contributed by atoms with Crippen LogP contribution in [-0.4, -0.2) is 16.0 Å². The Morgan fingerprint density at radius 2 is 1.67 bits per heavy atom. The van der Waals surface area contributed by atoms with Gasteiger partial charge in [-0.1, -0.05) is 52.8 Å². The fourth-order valence-electron chi connectivity index (χ4n) is 4.19. The van der Waals surface area contributed by atoms with Crippen molar-refractivity contribution in [3.05, 3.63) is 61.5 Å². The molecule has 0 aromatic heterocycles. The van der Waals surface area contributed by atoms with E-state index in [0.717, 1.165) is 6.42 Å². The zero-order valence-corrected chi connectivity index (χ0v) is 21.4. The van der Waals surface area contributed by atoms with Crippen molar-refractivity contribution in [3.8, 4) is 6.07 Å². The highest BCUT2D eigenvalue weighted by molar-refractivity contribution is 6.54. The Morgan fingerprint density at radius 3 is 2.21 bits per heavy atom. The van der Waals surface area contributed by atoms with Crippen molar-refractivity contribution >= 4 is 87.0 Å². The molecule has 2 aliphatic rings. The lowest BCUT2D eigenvalue weighted by molar-refractivity contribution is -0.117. The van der Waals surface area contributed by atoms with E-state index in [1.54, 1.807) is 18.2 Å². The molecular weight excluding hydrogens is 549 g/mol. The van der Waals surface area contributed by atoms with Crippen molar-refractivity contribution in [1.82, 2.24) is 0 Å². The lowest BCUT2D eigenvalue weighted by Crippen LogP contribution is -2.30. The summed E-state index contributed by atoms with van der Waals surface area (Å²) in [4.78, 5) is 25.8. The minimum Gasteiger partial charge on any atom is -0.326 e. The van der Waals surface area contributed by atoms with Gasteiger partial charge in [0.2, 0.25) is 5.91 Å². The normalized spacial score (nSPS) is 22.1. The molecule has 33 heavy (non-hydrogen) atoms. The molecule has 1 amide bonds. The second-order valence-electron chi connectivity index (χ2n) is 8.46. The molecule has 2 atom stereocenters. The Balaban J connectivity index is 1.51. The number of anilines is 1. The lowest BCUT2D eigenvalue weighted by atomic mass is 9.66. The van der Waals surface area contributed by atoms with Gasteiger partial charge < -0.3 is 5.32 Å². The third-order valence-electron chi connectivity index (χ3n) is 6.28. The maximum atomic E-state index is 13.0. The maximum Gasteiger partial charge on any atom is 0.231 e. The largest absolute Gasteiger partial charge is 0.326 e. The predicted molar refractivity (Wildman–Crippen MR) is 133 cm³/mol. The van der Waals surface area contributed by atoms with Crippen molar-refractivity contribution in [2.45, 2.75) is 35.9 Å². The fourth-order valence-corrected chi connectivity index (χ4v) is 5.86. The molecule has 4 nitrogen and oxygen atoms in total. The first-order valence-electron chi connectivity index (χ1n) is 10.1. The van der Waals surface area contributed by atoms with Crippen LogP contribution in [-0.2, 0) is 4.79 Å². The first-order valence-corrected chi connectivity index (χ1v) is 12.3. The highest BCUT2D eigenvalue weighted by Crippen LogP contribution is 2.65. The minimum atomic E-state index is -1.36. The van der Waals surface area contributed by atoms with Crippen LogP contribution in [0.5, 0.6) is 0 Å². The van der Waals surface area contributed by atoms with E-state index >= 15 is 0 Å². The van der Waals surface area contributed by atoms with Gasteiger partial charge in [-0.05, 0) is 48.7 Å². The number of carbonyl (C=O) groups excluding carboxylic acids is 2. The second-order valence-corrected chi connectivity index (χ2v) is 11.5. The number of Topliss-reactive ketones (excluding diaryl/α,β-unsaturated/α-hetero) is 1. The van der Waals surface area contributed by atoms with E-state index in [-0.39, 0.29) is 37.9 Å².